The highest BCUT2D eigenvalue weighted by Gasteiger charge is 2.17. The Balaban J connectivity index is 2.21. The lowest BCUT2D eigenvalue weighted by atomic mass is 10.2. The van der Waals surface area contributed by atoms with E-state index in [2.05, 4.69) is 14.9 Å². The zero-order chi connectivity index (χ0) is 11.8. The minimum absolute atomic E-state index is 0.282. The zero-order valence-corrected chi connectivity index (χ0v) is 10.1. The topological polar surface area (TPSA) is 55.0 Å². The van der Waals surface area contributed by atoms with Crippen LogP contribution in [-0.4, -0.2) is 23.1 Å². The number of hydrogen-bond acceptors (Lipinski definition) is 4. The Morgan fingerprint density at radius 3 is 2.71 bits per heavy atom. The number of aromatic nitrogens is 2. The van der Waals surface area contributed by atoms with Gasteiger partial charge in [0.05, 0.1) is 5.52 Å². The molecule has 2 aromatic rings. The van der Waals surface area contributed by atoms with E-state index in [4.69, 9.17) is 17.3 Å². The lowest BCUT2D eigenvalue weighted by Gasteiger charge is -2.18. The Morgan fingerprint density at radius 1 is 1.18 bits per heavy atom. The van der Waals surface area contributed by atoms with Crippen LogP contribution < -0.4 is 10.6 Å². The van der Waals surface area contributed by atoms with Gasteiger partial charge in [-0.3, -0.25) is 0 Å². The van der Waals surface area contributed by atoms with Crippen molar-refractivity contribution < 1.29 is 0 Å². The van der Waals surface area contributed by atoms with Gasteiger partial charge in [0, 0.05) is 24.2 Å². The second kappa shape index (κ2) is 4.04. The van der Waals surface area contributed by atoms with Crippen LogP contribution in [0.2, 0.25) is 5.28 Å². The molecule has 88 valence electrons. The van der Waals surface area contributed by atoms with Crippen molar-refractivity contribution in [3.8, 4) is 0 Å². The highest BCUT2D eigenvalue weighted by atomic mass is 35.5. The number of hydrogen-bond donors (Lipinski definition) is 1. The van der Waals surface area contributed by atoms with Crippen LogP contribution in [0.3, 0.4) is 0 Å². The average molecular weight is 249 g/mol. The number of anilines is 2. The summed E-state index contributed by atoms with van der Waals surface area (Å²) in [6.07, 6.45) is 2.41. The quantitative estimate of drug-likeness (QED) is 0.622. The van der Waals surface area contributed by atoms with Gasteiger partial charge < -0.3 is 10.6 Å². The molecule has 3 rings (SSSR count). The van der Waals surface area contributed by atoms with Crippen molar-refractivity contribution in [1.29, 1.82) is 0 Å². The largest absolute Gasteiger partial charge is 0.399 e. The van der Waals surface area contributed by atoms with Crippen LogP contribution in [0.25, 0.3) is 10.9 Å². The molecule has 0 spiro atoms. The number of fused-ring (bicyclic) bond motifs is 1. The molecule has 0 unspecified atom stereocenters. The second-order valence-corrected chi connectivity index (χ2v) is 4.63. The van der Waals surface area contributed by atoms with Crippen LogP contribution >= 0.6 is 11.6 Å². The van der Waals surface area contributed by atoms with E-state index in [-0.39, 0.29) is 5.28 Å². The second-order valence-electron chi connectivity index (χ2n) is 4.29. The number of rotatable bonds is 1. The van der Waals surface area contributed by atoms with Crippen LogP contribution in [0.1, 0.15) is 12.8 Å². The standard InChI is InChI=1S/C12H13ClN4/c13-12-15-10-7-8(14)3-4-9(10)11(16-12)17-5-1-2-6-17/h3-4,7H,1-2,5-6,14H2. The molecule has 5 heteroatoms. The third kappa shape index (κ3) is 1.89. The molecule has 0 aliphatic carbocycles. The van der Waals surface area contributed by atoms with E-state index < -0.39 is 0 Å². The molecule has 1 aliphatic heterocycles. The Kier molecular flexibility index (Phi) is 2.52. The Morgan fingerprint density at radius 2 is 1.94 bits per heavy atom. The van der Waals surface area contributed by atoms with Crippen LogP contribution in [0.5, 0.6) is 0 Å². The van der Waals surface area contributed by atoms with E-state index >= 15 is 0 Å². The van der Waals surface area contributed by atoms with Crippen molar-refractivity contribution in [1.82, 2.24) is 9.97 Å². The van der Waals surface area contributed by atoms with Gasteiger partial charge in [0.15, 0.2) is 0 Å². The van der Waals surface area contributed by atoms with E-state index in [1.165, 1.54) is 12.8 Å². The summed E-state index contributed by atoms with van der Waals surface area (Å²) < 4.78 is 0. The van der Waals surface area contributed by atoms with Crippen molar-refractivity contribution in [3.63, 3.8) is 0 Å². The van der Waals surface area contributed by atoms with Crippen molar-refractivity contribution in [2.24, 2.45) is 0 Å². The molecule has 0 atom stereocenters. The SMILES string of the molecule is Nc1ccc2c(N3CCCC3)nc(Cl)nc2c1. The summed E-state index contributed by atoms with van der Waals surface area (Å²) in [4.78, 5) is 10.8. The average Bonchev–Trinajstić information content (AvgIpc) is 2.80. The smallest absolute Gasteiger partial charge is 0.224 e. The van der Waals surface area contributed by atoms with E-state index in [0.717, 1.165) is 29.8 Å². The lowest BCUT2D eigenvalue weighted by molar-refractivity contribution is 0.939. The normalized spacial score (nSPS) is 15.7. The summed E-state index contributed by atoms with van der Waals surface area (Å²) in [5.41, 5.74) is 7.27. The van der Waals surface area contributed by atoms with Crippen molar-refractivity contribution in [2.75, 3.05) is 23.7 Å². The van der Waals surface area contributed by atoms with Gasteiger partial charge in [0.1, 0.15) is 5.82 Å². The molecule has 1 aromatic heterocycles. The van der Waals surface area contributed by atoms with E-state index in [1.54, 1.807) is 0 Å². The molecule has 0 amide bonds. The number of nitrogens with two attached hydrogens (primary N) is 1. The lowest BCUT2D eigenvalue weighted by Crippen LogP contribution is -2.19. The van der Waals surface area contributed by atoms with Gasteiger partial charge in [-0.1, -0.05) is 0 Å². The molecule has 1 saturated heterocycles. The van der Waals surface area contributed by atoms with Crippen LogP contribution in [0, 0.1) is 0 Å². The highest BCUT2D eigenvalue weighted by Crippen LogP contribution is 2.28. The Hall–Kier alpha value is -1.55. The minimum Gasteiger partial charge on any atom is -0.399 e. The van der Waals surface area contributed by atoms with Crippen molar-refractivity contribution in [3.05, 3.63) is 23.5 Å². The monoisotopic (exact) mass is 248 g/mol. The predicted octanol–water partition coefficient (Wildman–Crippen LogP) is 2.47. The number of nitrogens with zero attached hydrogens (tertiary/aromatic N) is 3. The molecule has 17 heavy (non-hydrogen) atoms. The van der Waals surface area contributed by atoms with E-state index in [9.17, 15) is 0 Å². The van der Waals surface area contributed by atoms with Crippen molar-refractivity contribution in [2.45, 2.75) is 12.8 Å². The molecule has 0 saturated carbocycles. The third-order valence-corrected chi connectivity index (χ3v) is 3.25. The van der Waals surface area contributed by atoms with E-state index in [0.29, 0.717) is 5.69 Å². The van der Waals surface area contributed by atoms with Crippen LogP contribution in [0.4, 0.5) is 11.5 Å². The van der Waals surface area contributed by atoms with E-state index in [1.807, 2.05) is 18.2 Å². The summed E-state index contributed by atoms with van der Waals surface area (Å²) in [5.74, 6) is 0.928. The first-order valence-electron chi connectivity index (χ1n) is 5.72. The Labute approximate surface area is 104 Å². The fraction of sp³-hybridized carbons (Fsp3) is 0.333. The molecule has 1 aliphatic rings. The maximum absolute atomic E-state index is 5.96. The molecule has 2 N–H and O–H groups in total. The number of halogens is 1. The summed E-state index contributed by atoms with van der Waals surface area (Å²) in [7, 11) is 0. The summed E-state index contributed by atoms with van der Waals surface area (Å²) in [6, 6.07) is 5.68. The first-order chi connectivity index (χ1) is 8.24. The molecule has 2 heterocycles. The fourth-order valence-corrected chi connectivity index (χ4v) is 2.44. The van der Waals surface area contributed by atoms with Gasteiger partial charge in [0.2, 0.25) is 5.28 Å². The van der Waals surface area contributed by atoms with Crippen LogP contribution in [-0.2, 0) is 0 Å². The molecule has 1 aromatic carbocycles. The van der Waals surface area contributed by atoms with Gasteiger partial charge in [-0.2, -0.15) is 4.98 Å². The molecule has 4 nitrogen and oxygen atoms in total. The first-order valence-corrected chi connectivity index (χ1v) is 6.09. The van der Waals surface area contributed by atoms with Gasteiger partial charge >= 0.3 is 0 Å². The maximum Gasteiger partial charge on any atom is 0.224 e. The molecular weight excluding hydrogens is 236 g/mol. The maximum atomic E-state index is 5.96. The summed E-state index contributed by atoms with van der Waals surface area (Å²) >= 11 is 5.96. The van der Waals surface area contributed by atoms with Gasteiger partial charge in [-0.15, -0.1) is 0 Å². The van der Waals surface area contributed by atoms with Gasteiger partial charge in [0.25, 0.3) is 0 Å². The summed E-state index contributed by atoms with van der Waals surface area (Å²) in [6.45, 7) is 2.07. The number of benzene rings is 1. The molecule has 1 fully saturated rings. The predicted molar refractivity (Wildman–Crippen MR) is 70.4 cm³/mol. The van der Waals surface area contributed by atoms with Gasteiger partial charge in [-0.25, -0.2) is 4.98 Å². The molecule has 0 bridgehead atoms. The molecule has 0 radical (unpaired) electrons. The van der Waals surface area contributed by atoms with Crippen LogP contribution in [0.15, 0.2) is 18.2 Å². The minimum atomic E-state index is 0.282. The first kappa shape index (κ1) is 10.6. The zero-order valence-electron chi connectivity index (χ0n) is 9.36. The van der Waals surface area contributed by atoms with Gasteiger partial charge in [-0.05, 0) is 42.6 Å². The highest BCUT2D eigenvalue weighted by molar-refractivity contribution is 6.28. The Bertz CT molecular complexity index is 558. The summed E-state index contributed by atoms with van der Waals surface area (Å²) in [5, 5.41) is 1.30. The molecular formula is C12H13ClN4. The number of nitrogen functional groups attached to an aromatic ring is 1. The van der Waals surface area contributed by atoms with Crippen molar-refractivity contribution >= 4 is 34.0 Å². The fourth-order valence-electron chi connectivity index (χ4n) is 2.27. The third-order valence-electron chi connectivity index (χ3n) is 3.08.